The van der Waals surface area contributed by atoms with Crippen molar-refractivity contribution >= 4 is 9.24 Å². The first-order valence-electron chi connectivity index (χ1n) is 4.18. The summed E-state index contributed by atoms with van der Waals surface area (Å²) in [7, 11) is 4.58. The van der Waals surface area contributed by atoms with Gasteiger partial charge in [-0.25, -0.2) is 0 Å². The third-order valence-electron chi connectivity index (χ3n) is 1.84. The molecule has 0 heterocycles. The van der Waals surface area contributed by atoms with Crippen LogP contribution in [0.1, 0.15) is 13.8 Å². The summed E-state index contributed by atoms with van der Waals surface area (Å²) in [6, 6.07) is 0. The average Bonchev–Trinajstić information content (AvgIpc) is 2.05. The summed E-state index contributed by atoms with van der Waals surface area (Å²) in [4.78, 5) is 2.03. The molecule has 0 aliphatic heterocycles. The van der Waals surface area contributed by atoms with Crippen LogP contribution >= 0.6 is 9.24 Å². The van der Waals surface area contributed by atoms with Gasteiger partial charge in [-0.05, 0) is 19.4 Å². The molecule has 0 amide bonds. The van der Waals surface area contributed by atoms with Crippen molar-refractivity contribution in [3.05, 3.63) is 48.1 Å². The minimum Gasteiger partial charge on any atom is -0.345 e. The average molecular weight is 195 g/mol. The molecule has 1 atom stereocenters. The lowest BCUT2D eigenvalue weighted by molar-refractivity contribution is 0.566. The normalized spacial score (nSPS) is 12.6. The molecule has 0 radical (unpaired) electrons. The van der Waals surface area contributed by atoms with Gasteiger partial charge in [-0.3, -0.25) is 0 Å². The van der Waals surface area contributed by atoms with Crippen molar-refractivity contribution in [2.75, 3.05) is 7.05 Å². The Kier molecular flexibility index (Phi) is 5.41. The van der Waals surface area contributed by atoms with E-state index in [2.05, 4.69) is 35.4 Å². The summed E-state index contributed by atoms with van der Waals surface area (Å²) in [5, 5.41) is 0. The maximum Gasteiger partial charge on any atom is 0.0394 e. The van der Waals surface area contributed by atoms with E-state index in [1.807, 2.05) is 24.9 Å². The molecule has 0 aromatic carbocycles. The molecule has 13 heavy (non-hydrogen) atoms. The third kappa shape index (κ3) is 3.61. The van der Waals surface area contributed by atoms with Crippen LogP contribution in [0.15, 0.2) is 48.1 Å². The molecule has 0 bridgehead atoms. The van der Waals surface area contributed by atoms with Crippen molar-refractivity contribution in [1.29, 1.82) is 0 Å². The Bertz CT molecular complexity index is 261. The van der Waals surface area contributed by atoms with Crippen LogP contribution in [0, 0.1) is 0 Å². The zero-order valence-corrected chi connectivity index (χ0v) is 9.83. The number of allylic oxidation sites excluding steroid dienone is 4. The third-order valence-corrected chi connectivity index (χ3v) is 2.22. The van der Waals surface area contributed by atoms with Crippen LogP contribution in [0.25, 0.3) is 0 Å². The Labute approximate surface area is 83.7 Å². The molecule has 1 nitrogen and oxygen atoms in total. The molecule has 0 aromatic heterocycles. The topological polar surface area (TPSA) is 3.24 Å². The molecule has 0 fully saturated rings. The van der Waals surface area contributed by atoms with Crippen LogP contribution < -0.4 is 0 Å². The van der Waals surface area contributed by atoms with Crippen LogP contribution in [0.3, 0.4) is 0 Å². The highest BCUT2D eigenvalue weighted by molar-refractivity contribution is 7.22. The maximum atomic E-state index is 3.86. The minimum atomic E-state index is 0.949. The van der Waals surface area contributed by atoms with Crippen LogP contribution in [0.2, 0.25) is 0 Å². The summed E-state index contributed by atoms with van der Waals surface area (Å²) in [5.41, 5.74) is 3.29. The Hall–Kier alpha value is -0.810. The standard InChI is InChI=1S/C11H18NP/c1-6-8-9(3)11(7-2)12(5)10(4)13/h6-8H,1,4,13H2,2-3,5H3/b9-8-,11-7+. The van der Waals surface area contributed by atoms with Crippen molar-refractivity contribution < 1.29 is 0 Å². The maximum absolute atomic E-state index is 3.86. The van der Waals surface area contributed by atoms with E-state index in [1.54, 1.807) is 6.08 Å². The van der Waals surface area contributed by atoms with Crippen LogP contribution in [0.5, 0.6) is 0 Å². The van der Waals surface area contributed by atoms with E-state index in [-0.39, 0.29) is 0 Å². The van der Waals surface area contributed by atoms with Gasteiger partial charge in [0.2, 0.25) is 0 Å². The first-order chi connectivity index (χ1) is 6.04. The first kappa shape index (κ1) is 12.2. The predicted octanol–water partition coefficient (Wildman–Crippen LogP) is 3.30. The van der Waals surface area contributed by atoms with Crippen molar-refractivity contribution in [1.82, 2.24) is 4.90 Å². The molecule has 0 aliphatic rings. The molecule has 0 rings (SSSR count). The van der Waals surface area contributed by atoms with Crippen molar-refractivity contribution in [3.63, 3.8) is 0 Å². The SMILES string of the molecule is C=C/C=C(C)\C(=C/C)N(C)C(=C)P. The number of rotatable bonds is 4. The second-order valence-corrected chi connectivity index (χ2v) is 3.48. The van der Waals surface area contributed by atoms with Gasteiger partial charge >= 0.3 is 0 Å². The molecule has 0 saturated heterocycles. The molecule has 0 aromatic rings. The molecule has 0 N–H and O–H groups in total. The summed E-state index contributed by atoms with van der Waals surface area (Å²) in [6.45, 7) is 11.6. The Morgan fingerprint density at radius 1 is 1.46 bits per heavy atom. The Balaban J connectivity index is 4.83. The quantitative estimate of drug-likeness (QED) is 0.491. The van der Waals surface area contributed by atoms with Crippen molar-refractivity contribution in [2.24, 2.45) is 0 Å². The van der Waals surface area contributed by atoms with Gasteiger partial charge in [0, 0.05) is 18.2 Å². The van der Waals surface area contributed by atoms with E-state index < -0.39 is 0 Å². The summed E-state index contributed by atoms with van der Waals surface area (Å²) >= 11 is 0. The predicted molar refractivity (Wildman–Crippen MR) is 64.3 cm³/mol. The molecule has 2 heteroatoms. The van der Waals surface area contributed by atoms with E-state index in [0.717, 1.165) is 11.1 Å². The van der Waals surface area contributed by atoms with Crippen molar-refractivity contribution in [2.45, 2.75) is 13.8 Å². The fourth-order valence-corrected chi connectivity index (χ4v) is 1.24. The van der Waals surface area contributed by atoms with E-state index in [4.69, 9.17) is 0 Å². The van der Waals surface area contributed by atoms with Gasteiger partial charge in [-0.1, -0.05) is 40.6 Å². The van der Waals surface area contributed by atoms with Crippen LogP contribution in [-0.2, 0) is 0 Å². The smallest absolute Gasteiger partial charge is 0.0394 e. The minimum absolute atomic E-state index is 0.949. The summed E-state index contributed by atoms with van der Waals surface area (Å²) < 4.78 is 0. The monoisotopic (exact) mass is 195 g/mol. The molecule has 72 valence electrons. The molecule has 0 saturated carbocycles. The van der Waals surface area contributed by atoms with Gasteiger partial charge in [0.1, 0.15) is 0 Å². The van der Waals surface area contributed by atoms with E-state index >= 15 is 0 Å². The zero-order valence-electron chi connectivity index (χ0n) is 8.67. The molecule has 1 unspecified atom stereocenters. The number of hydrogen-bond donors (Lipinski definition) is 0. The second-order valence-electron chi connectivity index (χ2n) is 2.81. The number of likely N-dealkylation sites (N-methyl/N-ethyl adjacent to an activating group) is 1. The summed E-state index contributed by atoms with van der Waals surface area (Å²) in [5.74, 6) is 0. The Morgan fingerprint density at radius 3 is 2.31 bits per heavy atom. The zero-order chi connectivity index (χ0) is 10.4. The summed E-state index contributed by atoms with van der Waals surface area (Å²) in [6.07, 6.45) is 5.84. The fourth-order valence-electron chi connectivity index (χ4n) is 1.10. The van der Waals surface area contributed by atoms with Gasteiger partial charge in [0.25, 0.3) is 0 Å². The lowest BCUT2D eigenvalue weighted by Crippen LogP contribution is -2.13. The van der Waals surface area contributed by atoms with E-state index in [9.17, 15) is 0 Å². The molecule has 0 spiro atoms. The van der Waals surface area contributed by atoms with Crippen LogP contribution in [0.4, 0.5) is 0 Å². The molecular formula is C11H18NP. The second kappa shape index (κ2) is 5.77. The number of nitrogens with zero attached hydrogens (tertiary/aromatic N) is 1. The lowest BCUT2D eigenvalue weighted by atomic mass is 10.2. The van der Waals surface area contributed by atoms with Gasteiger partial charge in [-0.2, -0.15) is 0 Å². The highest BCUT2D eigenvalue weighted by Crippen LogP contribution is 2.20. The van der Waals surface area contributed by atoms with Crippen LogP contribution in [-0.4, -0.2) is 11.9 Å². The van der Waals surface area contributed by atoms with Gasteiger partial charge in [0.05, 0.1) is 0 Å². The van der Waals surface area contributed by atoms with Gasteiger partial charge in [0.15, 0.2) is 0 Å². The lowest BCUT2D eigenvalue weighted by Gasteiger charge is -2.22. The number of hydrogen-bond acceptors (Lipinski definition) is 1. The largest absolute Gasteiger partial charge is 0.345 e. The van der Waals surface area contributed by atoms with E-state index in [0.29, 0.717) is 0 Å². The highest BCUT2D eigenvalue weighted by Gasteiger charge is 2.04. The molecule has 0 aliphatic carbocycles. The molecular weight excluding hydrogens is 177 g/mol. The Morgan fingerprint density at radius 2 is 2.00 bits per heavy atom. The van der Waals surface area contributed by atoms with E-state index in [1.165, 1.54) is 5.57 Å². The van der Waals surface area contributed by atoms with Crippen molar-refractivity contribution in [3.8, 4) is 0 Å². The highest BCUT2D eigenvalue weighted by atomic mass is 31.0. The fraction of sp³-hybridized carbons (Fsp3) is 0.273. The first-order valence-corrected chi connectivity index (χ1v) is 4.76. The van der Waals surface area contributed by atoms with Gasteiger partial charge in [-0.15, -0.1) is 0 Å². The van der Waals surface area contributed by atoms with Gasteiger partial charge < -0.3 is 4.90 Å².